The van der Waals surface area contributed by atoms with E-state index in [1.165, 1.54) is 6.92 Å². The molecule has 1 aromatic carbocycles. The SMILES string of the molecule is C/C=S(\C)Nn1c(=O)[nH]c2cc(C(F)(F)F)c(C(C)OCCCC)cc2c1=O. The van der Waals surface area contributed by atoms with Crippen LogP contribution in [0.2, 0.25) is 0 Å². The van der Waals surface area contributed by atoms with Gasteiger partial charge in [0, 0.05) is 6.61 Å². The third kappa shape index (κ3) is 4.85. The number of aromatic nitrogens is 2. The van der Waals surface area contributed by atoms with Gasteiger partial charge in [-0.2, -0.15) is 17.8 Å². The van der Waals surface area contributed by atoms with Crippen molar-refractivity contribution in [2.24, 2.45) is 0 Å². The summed E-state index contributed by atoms with van der Waals surface area (Å²) in [5.74, 6) is 0. The first-order chi connectivity index (χ1) is 13.1. The van der Waals surface area contributed by atoms with Crippen molar-refractivity contribution in [2.45, 2.75) is 45.9 Å². The molecule has 2 rings (SSSR count). The molecule has 0 aliphatic rings. The monoisotopic (exact) mass is 419 g/mol. The first kappa shape index (κ1) is 22.2. The third-order valence-electron chi connectivity index (χ3n) is 4.27. The highest BCUT2D eigenvalue weighted by molar-refractivity contribution is 8.15. The summed E-state index contributed by atoms with van der Waals surface area (Å²) in [5.41, 5.74) is -2.77. The highest BCUT2D eigenvalue weighted by Gasteiger charge is 2.35. The highest BCUT2D eigenvalue weighted by Crippen LogP contribution is 2.37. The van der Waals surface area contributed by atoms with Crippen molar-refractivity contribution in [1.82, 2.24) is 9.66 Å². The van der Waals surface area contributed by atoms with Crippen LogP contribution < -0.4 is 16.1 Å². The van der Waals surface area contributed by atoms with Crippen LogP contribution in [0, 0.1) is 0 Å². The number of unbranched alkanes of at least 4 members (excludes halogenated alkanes) is 1. The lowest BCUT2D eigenvalue weighted by atomic mass is 10.00. The predicted molar refractivity (Wildman–Crippen MR) is 108 cm³/mol. The van der Waals surface area contributed by atoms with Crippen LogP contribution in [-0.4, -0.2) is 27.9 Å². The van der Waals surface area contributed by atoms with Crippen LogP contribution in [0.5, 0.6) is 0 Å². The topological polar surface area (TPSA) is 76.1 Å². The Morgan fingerprint density at radius 3 is 2.61 bits per heavy atom. The summed E-state index contributed by atoms with van der Waals surface area (Å²) in [6.45, 7) is 5.55. The van der Waals surface area contributed by atoms with Crippen molar-refractivity contribution in [1.29, 1.82) is 0 Å². The summed E-state index contributed by atoms with van der Waals surface area (Å²) < 4.78 is 47.0. The Morgan fingerprint density at radius 1 is 1.36 bits per heavy atom. The van der Waals surface area contributed by atoms with Crippen LogP contribution in [-0.2, 0) is 10.9 Å². The van der Waals surface area contributed by atoms with Crippen molar-refractivity contribution < 1.29 is 17.9 Å². The molecule has 1 heterocycles. The van der Waals surface area contributed by atoms with E-state index in [0.29, 0.717) is 6.61 Å². The highest BCUT2D eigenvalue weighted by atomic mass is 32.2. The number of H-pyrrole nitrogens is 1. The molecule has 28 heavy (non-hydrogen) atoms. The Morgan fingerprint density at radius 2 is 2.04 bits per heavy atom. The molecular formula is C18H24F3N3O3S. The molecule has 0 amide bonds. The van der Waals surface area contributed by atoms with Gasteiger partial charge in [0.15, 0.2) is 0 Å². The molecule has 0 radical (unpaired) electrons. The minimum atomic E-state index is -4.65. The van der Waals surface area contributed by atoms with Crippen LogP contribution in [0.4, 0.5) is 13.2 Å². The van der Waals surface area contributed by atoms with Gasteiger partial charge in [-0.1, -0.05) is 24.0 Å². The first-order valence-corrected chi connectivity index (χ1v) is 10.5. The number of ether oxygens (including phenoxy) is 1. The quantitative estimate of drug-likeness (QED) is 0.529. The van der Waals surface area contributed by atoms with Gasteiger partial charge in [0.25, 0.3) is 5.56 Å². The van der Waals surface area contributed by atoms with E-state index in [4.69, 9.17) is 4.74 Å². The van der Waals surface area contributed by atoms with E-state index in [9.17, 15) is 22.8 Å². The van der Waals surface area contributed by atoms with Crippen molar-refractivity contribution in [3.8, 4) is 0 Å². The number of fused-ring (bicyclic) bond motifs is 1. The fourth-order valence-corrected chi connectivity index (χ4v) is 3.20. The van der Waals surface area contributed by atoms with Gasteiger partial charge in [-0.15, -0.1) is 0 Å². The van der Waals surface area contributed by atoms with E-state index in [1.807, 2.05) is 6.92 Å². The number of aromatic amines is 1. The van der Waals surface area contributed by atoms with Crippen LogP contribution in [0.15, 0.2) is 21.7 Å². The summed E-state index contributed by atoms with van der Waals surface area (Å²) >= 11 is 0. The fourth-order valence-electron chi connectivity index (χ4n) is 2.64. The molecule has 156 valence electrons. The third-order valence-corrected chi connectivity index (χ3v) is 5.44. The molecule has 0 aliphatic carbocycles. The summed E-state index contributed by atoms with van der Waals surface area (Å²) in [6.07, 6.45) is -2.18. The van der Waals surface area contributed by atoms with Crippen molar-refractivity contribution >= 4 is 26.9 Å². The van der Waals surface area contributed by atoms with E-state index >= 15 is 0 Å². The van der Waals surface area contributed by atoms with E-state index in [-0.39, 0.29) is 16.5 Å². The van der Waals surface area contributed by atoms with Crippen LogP contribution in [0.3, 0.4) is 0 Å². The molecule has 0 saturated heterocycles. The van der Waals surface area contributed by atoms with Gasteiger partial charge in [-0.05, 0) is 49.6 Å². The predicted octanol–water partition coefficient (Wildman–Crippen LogP) is 3.77. The minimum absolute atomic E-state index is 0.0193. The van der Waals surface area contributed by atoms with E-state index in [1.54, 1.807) is 18.5 Å². The maximum absolute atomic E-state index is 13.6. The number of benzene rings is 1. The lowest BCUT2D eigenvalue weighted by Crippen LogP contribution is -2.39. The molecule has 1 aromatic heterocycles. The normalized spacial score (nSPS) is 14.4. The molecule has 2 N–H and O–H groups in total. The van der Waals surface area contributed by atoms with E-state index in [0.717, 1.165) is 29.7 Å². The molecule has 6 nitrogen and oxygen atoms in total. The maximum atomic E-state index is 13.6. The second-order valence-corrected chi connectivity index (χ2v) is 8.07. The Hall–Kier alpha value is -2.07. The molecule has 0 aliphatic heterocycles. The van der Waals surface area contributed by atoms with Crippen LogP contribution in [0.25, 0.3) is 10.9 Å². The second kappa shape index (κ2) is 8.95. The Balaban J connectivity index is 2.69. The number of hydrogen-bond acceptors (Lipinski definition) is 4. The summed E-state index contributed by atoms with van der Waals surface area (Å²) in [6, 6.07) is 1.96. The molecule has 10 heteroatoms. The standard InChI is InChI=1S/C18H24F3N3O3S/c1-5-7-8-27-11(3)12-9-13-15(10-14(12)18(19,20)21)22-17(26)24(16(13)25)23-28(4)6-2/h6,9-11,23H,5,7-8H2,1-4H3,(H,22,26). The fraction of sp³-hybridized carbons (Fsp3) is 0.500. The van der Waals surface area contributed by atoms with Crippen molar-refractivity contribution in [3.63, 3.8) is 0 Å². The molecule has 0 bridgehead atoms. The van der Waals surface area contributed by atoms with Crippen molar-refractivity contribution in [2.75, 3.05) is 17.7 Å². The number of nitrogens with one attached hydrogen (secondary N) is 2. The molecule has 2 unspecified atom stereocenters. The van der Waals surface area contributed by atoms with Crippen LogP contribution in [0.1, 0.15) is 50.8 Å². The smallest absolute Gasteiger partial charge is 0.374 e. The molecule has 0 spiro atoms. The molecular weight excluding hydrogens is 395 g/mol. The molecule has 2 aromatic rings. The van der Waals surface area contributed by atoms with Gasteiger partial charge >= 0.3 is 11.9 Å². The summed E-state index contributed by atoms with van der Waals surface area (Å²) in [4.78, 5) is 30.0. The zero-order chi connectivity index (χ0) is 21.1. The number of rotatable bonds is 7. The average Bonchev–Trinajstić information content (AvgIpc) is 2.63. The number of alkyl halides is 3. The van der Waals surface area contributed by atoms with E-state index < -0.39 is 39.8 Å². The second-order valence-electron chi connectivity index (χ2n) is 6.30. The molecule has 0 saturated carbocycles. The average molecular weight is 419 g/mol. The van der Waals surface area contributed by atoms with Crippen molar-refractivity contribution in [3.05, 3.63) is 44.1 Å². The molecule has 2 atom stereocenters. The number of hydrogen-bond donors (Lipinski definition) is 2. The van der Waals surface area contributed by atoms with Gasteiger partial charge in [0.2, 0.25) is 0 Å². The largest absolute Gasteiger partial charge is 0.416 e. The van der Waals surface area contributed by atoms with Gasteiger partial charge in [-0.25, -0.2) is 4.79 Å². The zero-order valence-corrected chi connectivity index (χ0v) is 17.0. The Labute approximate surface area is 162 Å². The van der Waals surface area contributed by atoms with Gasteiger partial charge < -0.3 is 9.72 Å². The van der Waals surface area contributed by atoms with Gasteiger partial charge in [0.05, 0.1) is 22.6 Å². The number of nitrogens with zero attached hydrogens (tertiary/aromatic N) is 1. The van der Waals surface area contributed by atoms with E-state index in [2.05, 4.69) is 9.82 Å². The van der Waals surface area contributed by atoms with Gasteiger partial charge in [0.1, 0.15) is 0 Å². The lowest BCUT2D eigenvalue weighted by Gasteiger charge is -2.20. The Bertz CT molecular complexity index is 996. The molecule has 0 fully saturated rings. The summed E-state index contributed by atoms with van der Waals surface area (Å²) in [7, 11) is -0.566. The zero-order valence-electron chi connectivity index (χ0n) is 16.1. The van der Waals surface area contributed by atoms with Gasteiger partial charge in [-0.3, -0.25) is 9.63 Å². The number of halogens is 3. The first-order valence-electron chi connectivity index (χ1n) is 8.82. The lowest BCUT2D eigenvalue weighted by molar-refractivity contribution is -0.139. The summed E-state index contributed by atoms with van der Waals surface area (Å²) in [5, 5.41) is 1.74. The minimum Gasteiger partial charge on any atom is -0.374 e. The van der Waals surface area contributed by atoms with Crippen LogP contribution >= 0.6 is 10.7 Å². The Kier molecular flexibility index (Phi) is 7.11. The maximum Gasteiger partial charge on any atom is 0.416 e.